The molecule has 1 saturated carbocycles. The number of hydrogen-bond donors (Lipinski definition) is 1. The van der Waals surface area contributed by atoms with Crippen molar-refractivity contribution in [1.82, 2.24) is 4.98 Å². The summed E-state index contributed by atoms with van der Waals surface area (Å²) >= 11 is 0. The lowest BCUT2D eigenvalue weighted by atomic mass is 9.69. The van der Waals surface area contributed by atoms with Gasteiger partial charge in [-0.3, -0.25) is 4.98 Å². The van der Waals surface area contributed by atoms with Crippen LogP contribution in [0.15, 0.2) is 24.5 Å². The van der Waals surface area contributed by atoms with E-state index in [9.17, 15) is 8.78 Å². The molecule has 0 atom stereocenters. The Morgan fingerprint density at radius 2 is 1.94 bits per heavy atom. The highest BCUT2D eigenvalue weighted by Gasteiger charge is 2.42. The molecule has 0 bridgehead atoms. The number of nitrogens with zero attached hydrogens (tertiary/aromatic N) is 1. The largest absolute Gasteiger partial charge is 0.330 e. The lowest BCUT2D eigenvalue weighted by Gasteiger charge is -2.39. The highest BCUT2D eigenvalue weighted by Crippen LogP contribution is 2.44. The molecule has 2 N–H and O–H groups in total. The summed E-state index contributed by atoms with van der Waals surface area (Å²) in [7, 11) is 0. The quantitative estimate of drug-likeness (QED) is 0.882. The molecule has 1 aliphatic rings. The second-order valence-corrected chi connectivity index (χ2v) is 5.10. The van der Waals surface area contributed by atoms with Crippen LogP contribution in [0.5, 0.6) is 0 Å². The van der Waals surface area contributed by atoms with Crippen molar-refractivity contribution in [1.29, 1.82) is 0 Å². The molecule has 1 aliphatic carbocycles. The molecule has 0 spiro atoms. The van der Waals surface area contributed by atoms with Crippen LogP contribution in [0.25, 0.3) is 0 Å². The number of pyridine rings is 1. The maximum absolute atomic E-state index is 13.2. The van der Waals surface area contributed by atoms with E-state index in [0.29, 0.717) is 19.4 Å². The maximum Gasteiger partial charge on any atom is 0.248 e. The molecule has 2 nitrogen and oxygen atoms in total. The van der Waals surface area contributed by atoms with Gasteiger partial charge in [-0.2, -0.15) is 0 Å². The van der Waals surface area contributed by atoms with Gasteiger partial charge in [0.2, 0.25) is 5.92 Å². The summed E-state index contributed by atoms with van der Waals surface area (Å²) in [6, 6.07) is 3.86. The SMILES string of the molecule is NCC1(Cc2cccnc2)CCC(F)(F)CC1. The highest BCUT2D eigenvalue weighted by atomic mass is 19.3. The average molecular weight is 240 g/mol. The monoisotopic (exact) mass is 240 g/mol. The van der Waals surface area contributed by atoms with Gasteiger partial charge in [-0.25, -0.2) is 8.78 Å². The van der Waals surface area contributed by atoms with Crippen molar-refractivity contribution in [2.24, 2.45) is 11.1 Å². The van der Waals surface area contributed by atoms with Gasteiger partial charge in [0.1, 0.15) is 0 Å². The van der Waals surface area contributed by atoms with E-state index >= 15 is 0 Å². The predicted molar refractivity (Wildman–Crippen MR) is 62.8 cm³/mol. The van der Waals surface area contributed by atoms with E-state index in [-0.39, 0.29) is 18.3 Å². The first-order chi connectivity index (χ1) is 8.05. The van der Waals surface area contributed by atoms with Gasteiger partial charge in [0.05, 0.1) is 0 Å². The average Bonchev–Trinajstić information content (AvgIpc) is 2.34. The van der Waals surface area contributed by atoms with Gasteiger partial charge >= 0.3 is 0 Å². The third-order valence-corrected chi connectivity index (χ3v) is 3.78. The molecule has 1 aromatic rings. The summed E-state index contributed by atoms with van der Waals surface area (Å²) in [5, 5.41) is 0. The van der Waals surface area contributed by atoms with Crippen LogP contribution in [-0.2, 0) is 6.42 Å². The van der Waals surface area contributed by atoms with Crippen molar-refractivity contribution in [3.8, 4) is 0 Å². The fourth-order valence-corrected chi connectivity index (χ4v) is 2.53. The maximum atomic E-state index is 13.2. The molecule has 0 radical (unpaired) electrons. The Morgan fingerprint density at radius 1 is 1.24 bits per heavy atom. The molecule has 2 rings (SSSR count). The molecule has 17 heavy (non-hydrogen) atoms. The highest BCUT2D eigenvalue weighted by molar-refractivity contribution is 5.12. The van der Waals surface area contributed by atoms with Crippen LogP contribution in [0.2, 0.25) is 0 Å². The standard InChI is InChI=1S/C13H18F2N2/c14-13(15)5-3-12(10-16,4-6-13)8-11-2-1-7-17-9-11/h1-2,7,9H,3-6,8,10,16H2. The Morgan fingerprint density at radius 3 is 2.47 bits per heavy atom. The minimum atomic E-state index is -2.49. The lowest BCUT2D eigenvalue weighted by Crippen LogP contribution is -2.40. The van der Waals surface area contributed by atoms with Crippen molar-refractivity contribution < 1.29 is 8.78 Å². The number of hydrogen-bond acceptors (Lipinski definition) is 2. The van der Waals surface area contributed by atoms with Gasteiger partial charge in [-0.05, 0) is 42.9 Å². The van der Waals surface area contributed by atoms with Crippen LogP contribution >= 0.6 is 0 Å². The molecule has 0 amide bonds. The van der Waals surface area contributed by atoms with Crippen molar-refractivity contribution in [2.45, 2.75) is 38.0 Å². The zero-order valence-corrected chi connectivity index (χ0v) is 9.83. The molecule has 4 heteroatoms. The molecular weight excluding hydrogens is 222 g/mol. The van der Waals surface area contributed by atoms with E-state index in [1.807, 2.05) is 12.1 Å². The van der Waals surface area contributed by atoms with Gasteiger partial charge in [-0.15, -0.1) is 0 Å². The zero-order valence-electron chi connectivity index (χ0n) is 9.83. The minimum absolute atomic E-state index is 0.0372. The first-order valence-corrected chi connectivity index (χ1v) is 6.02. The normalized spacial score (nSPS) is 22.3. The van der Waals surface area contributed by atoms with Crippen LogP contribution in [0.4, 0.5) is 8.78 Å². The molecule has 0 saturated heterocycles. The van der Waals surface area contributed by atoms with Crippen molar-refractivity contribution in [3.05, 3.63) is 30.1 Å². The molecule has 94 valence electrons. The second-order valence-electron chi connectivity index (χ2n) is 5.10. The van der Waals surface area contributed by atoms with Crippen molar-refractivity contribution >= 4 is 0 Å². The summed E-state index contributed by atoms with van der Waals surface area (Å²) in [6.07, 6.45) is 5.21. The predicted octanol–water partition coefficient (Wildman–Crippen LogP) is 2.78. The molecule has 0 aromatic carbocycles. The Kier molecular flexibility index (Phi) is 3.43. The molecule has 1 heterocycles. The van der Waals surface area contributed by atoms with Gasteiger partial charge in [0.15, 0.2) is 0 Å². The van der Waals surface area contributed by atoms with E-state index < -0.39 is 5.92 Å². The van der Waals surface area contributed by atoms with Crippen LogP contribution < -0.4 is 5.73 Å². The van der Waals surface area contributed by atoms with Gasteiger partial charge in [0, 0.05) is 25.2 Å². The Labute approximate surface area is 100 Å². The fourth-order valence-electron chi connectivity index (χ4n) is 2.53. The van der Waals surface area contributed by atoms with E-state index in [4.69, 9.17) is 5.73 Å². The summed E-state index contributed by atoms with van der Waals surface area (Å²) in [4.78, 5) is 4.06. The smallest absolute Gasteiger partial charge is 0.248 e. The van der Waals surface area contributed by atoms with Gasteiger partial charge in [-0.1, -0.05) is 6.07 Å². The minimum Gasteiger partial charge on any atom is -0.330 e. The Balaban J connectivity index is 2.06. The molecular formula is C13H18F2N2. The molecule has 0 unspecified atom stereocenters. The molecule has 1 fully saturated rings. The molecule has 0 aliphatic heterocycles. The number of rotatable bonds is 3. The third kappa shape index (κ3) is 3.00. The third-order valence-electron chi connectivity index (χ3n) is 3.78. The van der Waals surface area contributed by atoms with Crippen LogP contribution in [0, 0.1) is 5.41 Å². The zero-order chi connectivity index (χ0) is 12.4. The van der Waals surface area contributed by atoms with Crippen molar-refractivity contribution in [2.75, 3.05) is 6.54 Å². The van der Waals surface area contributed by atoms with Crippen LogP contribution in [-0.4, -0.2) is 17.5 Å². The topological polar surface area (TPSA) is 38.9 Å². The fraction of sp³-hybridized carbons (Fsp3) is 0.615. The van der Waals surface area contributed by atoms with E-state index in [1.165, 1.54) is 0 Å². The Bertz CT molecular complexity index is 355. The Hall–Kier alpha value is -1.03. The number of aromatic nitrogens is 1. The van der Waals surface area contributed by atoms with Gasteiger partial charge < -0.3 is 5.73 Å². The van der Waals surface area contributed by atoms with E-state index in [0.717, 1.165) is 12.0 Å². The summed E-state index contributed by atoms with van der Waals surface area (Å²) in [5.74, 6) is -2.49. The first kappa shape index (κ1) is 12.4. The summed E-state index contributed by atoms with van der Waals surface area (Å²) in [6.45, 7) is 0.470. The lowest BCUT2D eigenvalue weighted by molar-refractivity contribution is -0.0652. The summed E-state index contributed by atoms with van der Waals surface area (Å²) in [5.41, 5.74) is 6.73. The van der Waals surface area contributed by atoms with Crippen molar-refractivity contribution in [3.63, 3.8) is 0 Å². The van der Waals surface area contributed by atoms with E-state index in [2.05, 4.69) is 4.98 Å². The van der Waals surface area contributed by atoms with E-state index in [1.54, 1.807) is 12.4 Å². The second kappa shape index (κ2) is 4.69. The van der Waals surface area contributed by atoms with Gasteiger partial charge in [0.25, 0.3) is 0 Å². The number of halogens is 2. The summed E-state index contributed by atoms with van der Waals surface area (Å²) < 4.78 is 26.3. The van der Waals surface area contributed by atoms with Crippen LogP contribution in [0.1, 0.15) is 31.2 Å². The first-order valence-electron chi connectivity index (χ1n) is 6.02. The van der Waals surface area contributed by atoms with Crippen LogP contribution in [0.3, 0.4) is 0 Å². The number of alkyl halides is 2. The number of nitrogens with two attached hydrogens (primary N) is 1. The molecule has 1 aromatic heterocycles.